The molecule has 1 aliphatic rings. The summed E-state index contributed by atoms with van der Waals surface area (Å²) in [6.07, 6.45) is 3.36. The van der Waals surface area contributed by atoms with Gasteiger partial charge in [0.25, 0.3) is 0 Å². The molecule has 3 aromatic rings. The van der Waals surface area contributed by atoms with Gasteiger partial charge in [-0.05, 0) is 42.5 Å². The van der Waals surface area contributed by atoms with Gasteiger partial charge >= 0.3 is 0 Å². The Kier molecular flexibility index (Phi) is 2.96. The molecule has 0 radical (unpaired) electrons. The maximum Gasteiger partial charge on any atom is 0.178 e. The first-order valence-electron chi connectivity index (χ1n) is 6.98. The Hall–Kier alpha value is -2.21. The molecule has 0 atom stereocenters. The quantitative estimate of drug-likeness (QED) is 0.729. The van der Waals surface area contributed by atoms with Crippen LogP contribution in [0.3, 0.4) is 0 Å². The molecule has 21 heavy (non-hydrogen) atoms. The molecule has 0 spiro atoms. The lowest BCUT2D eigenvalue weighted by atomic mass is 10.1. The van der Waals surface area contributed by atoms with Crippen molar-refractivity contribution < 1.29 is 0 Å². The first-order valence-corrected chi connectivity index (χ1v) is 7.86. The number of nitrogens with zero attached hydrogens (tertiary/aromatic N) is 5. The van der Waals surface area contributed by atoms with Crippen molar-refractivity contribution in [3.63, 3.8) is 0 Å². The van der Waals surface area contributed by atoms with Crippen LogP contribution >= 0.6 is 11.3 Å². The van der Waals surface area contributed by atoms with Gasteiger partial charge in [-0.1, -0.05) is 12.1 Å². The summed E-state index contributed by atoms with van der Waals surface area (Å²) in [4.78, 5) is 3.67. The summed E-state index contributed by atoms with van der Waals surface area (Å²) in [5.41, 5.74) is 2.24. The number of aryl methyl sites for hydroxylation is 1. The molecule has 4 rings (SSSR count). The molecule has 5 nitrogen and oxygen atoms in total. The smallest absolute Gasteiger partial charge is 0.178 e. The van der Waals surface area contributed by atoms with E-state index in [1.165, 1.54) is 10.5 Å². The van der Waals surface area contributed by atoms with Crippen LogP contribution in [0.5, 0.6) is 0 Å². The van der Waals surface area contributed by atoms with E-state index in [1.54, 1.807) is 4.52 Å². The Labute approximate surface area is 126 Å². The van der Waals surface area contributed by atoms with Crippen molar-refractivity contribution in [2.24, 2.45) is 0 Å². The number of aromatic nitrogens is 4. The molecule has 106 valence electrons. The van der Waals surface area contributed by atoms with Crippen LogP contribution in [-0.2, 0) is 0 Å². The lowest BCUT2D eigenvalue weighted by Crippen LogP contribution is -2.29. The zero-order valence-electron chi connectivity index (χ0n) is 11.7. The molecular formula is C15H15N5S. The van der Waals surface area contributed by atoms with Gasteiger partial charge in [0, 0.05) is 18.0 Å². The Bertz CT molecular complexity index is 803. The largest absolute Gasteiger partial charge is 0.351 e. The summed E-state index contributed by atoms with van der Waals surface area (Å²) in [5, 5.41) is 14.9. The maximum absolute atomic E-state index is 4.64. The molecule has 0 saturated carbocycles. The van der Waals surface area contributed by atoms with Gasteiger partial charge in [0.1, 0.15) is 5.82 Å². The predicted molar refractivity (Wildman–Crippen MR) is 84.6 cm³/mol. The average Bonchev–Trinajstić information content (AvgIpc) is 3.18. The van der Waals surface area contributed by atoms with Crippen molar-refractivity contribution in [3.05, 3.63) is 46.4 Å². The van der Waals surface area contributed by atoms with Gasteiger partial charge in [0.15, 0.2) is 11.5 Å². The van der Waals surface area contributed by atoms with Crippen LogP contribution in [0.4, 0.5) is 5.82 Å². The van der Waals surface area contributed by atoms with Crippen molar-refractivity contribution in [2.75, 3.05) is 18.0 Å². The molecule has 0 aliphatic carbocycles. The molecule has 1 aliphatic heterocycles. The highest BCUT2D eigenvalue weighted by atomic mass is 32.1. The second-order valence-electron chi connectivity index (χ2n) is 5.11. The minimum atomic E-state index is 0.795. The summed E-state index contributed by atoms with van der Waals surface area (Å²) in [6, 6.07) is 8.29. The molecule has 0 bridgehead atoms. The van der Waals surface area contributed by atoms with E-state index in [1.807, 2.05) is 30.4 Å². The van der Waals surface area contributed by atoms with Crippen molar-refractivity contribution in [3.8, 4) is 0 Å². The van der Waals surface area contributed by atoms with Crippen molar-refractivity contribution >= 4 is 28.4 Å². The Morgan fingerprint density at radius 1 is 1.19 bits per heavy atom. The van der Waals surface area contributed by atoms with E-state index in [-0.39, 0.29) is 0 Å². The topological polar surface area (TPSA) is 46.3 Å². The van der Waals surface area contributed by atoms with Gasteiger partial charge < -0.3 is 4.90 Å². The van der Waals surface area contributed by atoms with Crippen LogP contribution in [-0.4, -0.2) is 32.9 Å². The maximum atomic E-state index is 4.64. The number of hydrogen-bond donors (Lipinski definition) is 0. The van der Waals surface area contributed by atoms with Crippen LogP contribution in [0, 0.1) is 6.92 Å². The molecule has 6 heteroatoms. The molecule has 0 amide bonds. The van der Waals surface area contributed by atoms with E-state index in [0.717, 1.165) is 36.8 Å². The van der Waals surface area contributed by atoms with Crippen LogP contribution in [0.1, 0.15) is 17.1 Å². The molecule has 0 N–H and O–H groups in total. The van der Waals surface area contributed by atoms with Gasteiger partial charge in [-0.3, -0.25) is 0 Å². The fourth-order valence-electron chi connectivity index (χ4n) is 2.62. The van der Waals surface area contributed by atoms with E-state index >= 15 is 0 Å². The average molecular weight is 297 g/mol. The SMILES string of the molecule is Cc1nnc2ccc(N3CC=C(c4cccs4)CC3)nn12. The standard InChI is InChI=1S/C15H15N5S/c1-11-16-17-14-4-5-15(18-20(11)14)19-8-6-12(7-9-19)13-3-2-10-21-13/h2-6,10H,7-9H2,1H3. The lowest BCUT2D eigenvalue weighted by molar-refractivity contribution is 0.779. The predicted octanol–water partition coefficient (Wildman–Crippen LogP) is 2.79. The monoisotopic (exact) mass is 297 g/mol. The highest BCUT2D eigenvalue weighted by Gasteiger charge is 2.16. The number of fused-ring (bicyclic) bond motifs is 1. The normalized spacial score (nSPS) is 15.5. The third-order valence-corrected chi connectivity index (χ3v) is 4.72. The van der Waals surface area contributed by atoms with Crippen LogP contribution in [0.2, 0.25) is 0 Å². The number of rotatable bonds is 2. The summed E-state index contributed by atoms with van der Waals surface area (Å²) < 4.78 is 1.80. The van der Waals surface area contributed by atoms with Gasteiger partial charge in [-0.2, -0.15) is 4.52 Å². The zero-order chi connectivity index (χ0) is 14.2. The molecule has 0 saturated heterocycles. The third kappa shape index (κ3) is 2.21. The summed E-state index contributed by atoms with van der Waals surface area (Å²) in [5.74, 6) is 1.80. The van der Waals surface area contributed by atoms with Crippen molar-refractivity contribution in [1.29, 1.82) is 0 Å². The Morgan fingerprint density at radius 2 is 2.14 bits per heavy atom. The fraction of sp³-hybridized carbons (Fsp3) is 0.267. The molecule has 4 heterocycles. The van der Waals surface area contributed by atoms with Crippen molar-refractivity contribution in [2.45, 2.75) is 13.3 Å². The highest BCUT2D eigenvalue weighted by Crippen LogP contribution is 2.27. The Morgan fingerprint density at radius 3 is 2.90 bits per heavy atom. The second-order valence-corrected chi connectivity index (χ2v) is 6.06. The van der Waals surface area contributed by atoms with Crippen LogP contribution in [0.15, 0.2) is 35.7 Å². The number of thiophene rings is 1. The van der Waals surface area contributed by atoms with Crippen molar-refractivity contribution in [1.82, 2.24) is 19.8 Å². The molecular weight excluding hydrogens is 282 g/mol. The summed E-state index contributed by atoms with van der Waals surface area (Å²) >= 11 is 1.81. The highest BCUT2D eigenvalue weighted by molar-refractivity contribution is 7.11. The molecule has 0 aromatic carbocycles. The fourth-order valence-corrected chi connectivity index (χ4v) is 3.42. The van der Waals surface area contributed by atoms with Crippen LogP contribution < -0.4 is 4.90 Å². The van der Waals surface area contributed by atoms with E-state index in [0.29, 0.717) is 0 Å². The number of hydrogen-bond acceptors (Lipinski definition) is 5. The minimum Gasteiger partial charge on any atom is -0.351 e. The first-order chi connectivity index (χ1) is 10.3. The van der Waals surface area contributed by atoms with E-state index in [2.05, 4.69) is 43.8 Å². The molecule has 3 aromatic heterocycles. The molecule has 0 unspecified atom stereocenters. The lowest BCUT2D eigenvalue weighted by Gasteiger charge is -2.27. The summed E-state index contributed by atoms with van der Waals surface area (Å²) in [6.45, 7) is 3.80. The zero-order valence-corrected chi connectivity index (χ0v) is 12.5. The number of anilines is 1. The van der Waals surface area contributed by atoms with E-state index in [9.17, 15) is 0 Å². The molecule has 0 fully saturated rings. The summed E-state index contributed by atoms with van der Waals surface area (Å²) in [7, 11) is 0. The van der Waals surface area contributed by atoms with Gasteiger partial charge in [-0.15, -0.1) is 26.6 Å². The Balaban J connectivity index is 1.61. The minimum absolute atomic E-state index is 0.795. The van der Waals surface area contributed by atoms with Gasteiger partial charge in [0.05, 0.1) is 0 Å². The second kappa shape index (κ2) is 4.96. The third-order valence-electron chi connectivity index (χ3n) is 3.78. The van der Waals surface area contributed by atoms with E-state index in [4.69, 9.17) is 0 Å². The van der Waals surface area contributed by atoms with E-state index < -0.39 is 0 Å². The van der Waals surface area contributed by atoms with Gasteiger partial charge in [-0.25, -0.2) is 0 Å². The van der Waals surface area contributed by atoms with Crippen LogP contribution in [0.25, 0.3) is 11.2 Å². The first kappa shape index (κ1) is 12.5. The van der Waals surface area contributed by atoms with Gasteiger partial charge in [0.2, 0.25) is 0 Å².